The van der Waals surface area contributed by atoms with E-state index in [1.54, 1.807) is 18.2 Å². The fourth-order valence-electron chi connectivity index (χ4n) is 1.95. The topological polar surface area (TPSA) is 67.4 Å². The van der Waals surface area contributed by atoms with Gasteiger partial charge in [0, 0.05) is 24.6 Å². The van der Waals surface area contributed by atoms with Crippen LogP contribution in [0.3, 0.4) is 0 Å². The summed E-state index contributed by atoms with van der Waals surface area (Å²) in [5.74, 6) is 0.611. The quantitative estimate of drug-likeness (QED) is 0.725. The molecule has 17 heavy (non-hydrogen) atoms. The molecule has 1 fully saturated rings. The maximum Gasteiger partial charge on any atom is 0.262 e. The Balaban J connectivity index is 1.89. The van der Waals surface area contributed by atoms with Crippen molar-refractivity contribution in [3.05, 3.63) is 23.8 Å². The molecule has 0 aromatic heterocycles. The van der Waals surface area contributed by atoms with Crippen molar-refractivity contribution in [1.29, 1.82) is 0 Å². The molecule has 2 heterocycles. The van der Waals surface area contributed by atoms with Gasteiger partial charge in [0.25, 0.3) is 5.91 Å². The number of benzene rings is 1. The molecule has 88 valence electrons. The zero-order valence-corrected chi connectivity index (χ0v) is 9.16. The predicted octanol–water partition coefficient (Wildman–Crippen LogP) is 0.420. The fourth-order valence-corrected chi connectivity index (χ4v) is 1.95. The Morgan fingerprint density at radius 2 is 2.18 bits per heavy atom. The van der Waals surface area contributed by atoms with E-state index in [0.29, 0.717) is 17.0 Å². The highest BCUT2D eigenvalue weighted by Gasteiger charge is 2.27. The van der Waals surface area contributed by atoms with Crippen LogP contribution in [-0.4, -0.2) is 31.4 Å². The first kappa shape index (κ1) is 10.3. The largest absolute Gasteiger partial charge is 0.482 e. The number of carbonyl (C=O) groups excluding carboxylic acids is 2. The molecule has 0 unspecified atom stereocenters. The predicted molar refractivity (Wildman–Crippen MR) is 61.3 cm³/mol. The van der Waals surface area contributed by atoms with E-state index < -0.39 is 0 Å². The van der Waals surface area contributed by atoms with Crippen molar-refractivity contribution in [3.63, 3.8) is 0 Å². The van der Waals surface area contributed by atoms with Crippen molar-refractivity contribution in [2.75, 3.05) is 25.0 Å². The van der Waals surface area contributed by atoms with E-state index >= 15 is 0 Å². The van der Waals surface area contributed by atoms with Gasteiger partial charge < -0.3 is 15.4 Å². The minimum Gasteiger partial charge on any atom is -0.482 e. The second-order valence-corrected chi connectivity index (χ2v) is 4.27. The van der Waals surface area contributed by atoms with Gasteiger partial charge in [-0.1, -0.05) is 0 Å². The molecule has 2 aliphatic heterocycles. The zero-order valence-electron chi connectivity index (χ0n) is 9.16. The number of ketones is 1. The fraction of sp³-hybridized carbons (Fsp3) is 0.333. The lowest BCUT2D eigenvalue weighted by Crippen LogP contribution is -2.46. The summed E-state index contributed by atoms with van der Waals surface area (Å²) in [6.45, 7) is 1.50. The van der Waals surface area contributed by atoms with E-state index in [2.05, 4.69) is 10.6 Å². The Morgan fingerprint density at radius 3 is 2.88 bits per heavy atom. The van der Waals surface area contributed by atoms with Crippen LogP contribution in [-0.2, 0) is 4.79 Å². The van der Waals surface area contributed by atoms with Gasteiger partial charge in [-0.3, -0.25) is 9.59 Å². The smallest absolute Gasteiger partial charge is 0.262 e. The molecular weight excluding hydrogens is 220 g/mol. The summed E-state index contributed by atoms with van der Waals surface area (Å²) in [4.78, 5) is 23.2. The number of hydrogen-bond donors (Lipinski definition) is 2. The standard InChI is InChI=1S/C12H12N2O3/c15-11-6-17-10-2-1-7(3-9(10)14-11)12(16)8-4-13-5-8/h1-3,8,13H,4-6H2,(H,14,15). The van der Waals surface area contributed by atoms with Crippen LogP contribution in [0.2, 0.25) is 0 Å². The number of rotatable bonds is 2. The van der Waals surface area contributed by atoms with E-state index in [4.69, 9.17) is 4.74 Å². The molecule has 0 atom stereocenters. The zero-order chi connectivity index (χ0) is 11.8. The Labute approximate surface area is 98.1 Å². The molecule has 2 aliphatic rings. The van der Waals surface area contributed by atoms with Gasteiger partial charge in [-0.2, -0.15) is 0 Å². The lowest BCUT2D eigenvalue weighted by Gasteiger charge is -2.26. The summed E-state index contributed by atoms with van der Waals surface area (Å²) < 4.78 is 5.24. The summed E-state index contributed by atoms with van der Waals surface area (Å²) in [7, 11) is 0. The maximum absolute atomic E-state index is 12.0. The Bertz CT molecular complexity index is 495. The van der Waals surface area contributed by atoms with Gasteiger partial charge in [0.15, 0.2) is 12.4 Å². The van der Waals surface area contributed by atoms with E-state index in [9.17, 15) is 9.59 Å². The minimum atomic E-state index is -0.188. The van der Waals surface area contributed by atoms with E-state index in [1.165, 1.54) is 0 Å². The molecule has 5 nitrogen and oxygen atoms in total. The number of hydrogen-bond acceptors (Lipinski definition) is 4. The van der Waals surface area contributed by atoms with Crippen LogP contribution in [0.1, 0.15) is 10.4 Å². The van der Waals surface area contributed by atoms with Crippen LogP contribution in [0.5, 0.6) is 5.75 Å². The number of nitrogens with one attached hydrogen (secondary N) is 2. The molecular formula is C12H12N2O3. The molecule has 2 N–H and O–H groups in total. The Hall–Kier alpha value is -1.88. The van der Waals surface area contributed by atoms with Gasteiger partial charge in [-0.15, -0.1) is 0 Å². The van der Waals surface area contributed by atoms with Gasteiger partial charge in [-0.25, -0.2) is 0 Å². The van der Waals surface area contributed by atoms with E-state index in [1.807, 2.05) is 0 Å². The highest BCUT2D eigenvalue weighted by atomic mass is 16.5. The Morgan fingerprint density at radius 1 is 1.35 bits per heavy atom. The van der Waals surface area contributed by atoms with Crippen LogP contribution in [0.25, 0.3) is 0 Å². The minimum absolute atomic E-state index is 0.0346. The molecule has 0 saturated carbocycles. The van der Waals surface area contributed by atoms with Crippen LogP contribution < -0.4 is 15.4 Å². The number of amides is 1. The van der Waals surface area contributed by atoms with Crippen molar-refractivity contribution in [3.8, 4) is 5.75 Å². The number of ether oxygens (including phenoxy) is 1. The van der Waals surface area contributed by atoms with Crippen molar-refractivity contribution < 1.29 is 14.3 Å². The molecule has 1 aromatic carbocycles. The van der Waals surface area contributed by atoms with Gasteiger partial charge in [0.05, 0.1) is 5.69 Å². The normalized spacial score (nSPS) is 18.7. The lowest BCUT2D eigenvalue weighted by atomic mass is 9.92. The SMILES string of the molecule is O=C1COc2ccc(C(=O)C3CNC3)cc2N1. The molecule has 3 rings (SSSR count). The van der Waals surface area contributed by atoms with Crippen LogP contribution in [0.4, 0.5) is 5.69 Å². The third-order valence-electron chi connectivity index (χ3n) is 3.05. The van der Waals surface area contributed by atoms with Crippen LogP contribution in [0.15, 0.2) is 18.2 Å². The molecule has 1 aromatic rings. The van der Waals surface area contributed by atoms with E-state index in [-0.39, 0.29) is 24.2 Å². The van der Waals surface area contributed by atoms with Crippen molar-refractivity contribution in [1.82, 2.24) is 5.32 Å². The summed E-state index contributed by atoms with van der Waals surface area (Å²) in [5, 5.41) is 5.76. The number of fused-ring (bicyclic) bond motifs is 1. The summed E-state index contributed by atoms with van der Waals surface area (Å²) in [6, 6.07) is 5.16. The van der Waals surface area contributed by atoms with Gasteiger partial charge in [-0.05, 0) is 18.2 Å². The number of anilines is 1. The third kappa shape index (κ3) is 1.78. The van der Waals surface area contributed by atoms with Crippen LogP contribution in [0, 0.1) is 5.92 Å². The van der Waals surface area contributed by atoms with Crippen molar-refractivity contribution in [2.45, 2.75) is 0 Å². The van der Waals surface area contributed by atoms with E-state index in [0.717, 1.165) is 13.1 Å². The molecule has 1 saturated heterocycles. The molecule has 0 bridgehead atoms. The maximum atomic E-state index is 12.0. The van der Waals surface area contributed by atoms with Crippen molar-refractivity contribution in [2.24, 2.45) is 5.92 Å². The second-order valence-electron chi connectivity index (χ2n) is 4.27. The van der Waals surface area contributed by atoms with Crippen LogP contribution >= 0.6 is 0 Å². The highest BCUT2D eigenvalue weighted by molar-refractivity contribution is 6.02. The number of Topliss-reactive ketones (excluding diaryl/α,β-unsaturated/α-hetero) is 1. The molecule has 5 heteroatoms. The first-order chi connectivity index (χ1) is 8.24. The van der Waals surface area contributed by atoms with Gasteiger partial charge >= 0.3 is 0 Å². The first-order valence-electron chi connectivity index (χ1n) is 5.55. The average Bonchev–Trinajstić information content (AvgIpc) is 2.25. The second kappa shape index (κ2) is 3.85. The highest BCUT2D eigenvalue weighted by Crippen LogP contribution is 2.29. The molecule has 1 amide bonds. The number of carbonyl (C=O) groups is 2. The summed E-state index contributed by atoms with van der Waals surface area (Å²) in [6.07, 6.45) is 0. The molecule has 0 aliphatic carbocycles. The average molecular weight is 232 g/mol. The van der Waals surface area contributed by atoms with Crippen molar-refractivity contribution >= 4 is 17.4 Å². The molecule has 0 spiro atoms. The van der Waals surface area contributed by atoms with Gasteiger partial charge in [0.1, 0.15) is 5.75 Å². The lowest BCUT2D eigenvalue weighted by molar-refractivity contribution is -0.118. The third-order valence-corrected chi connectivity index (χ3v) is 3.05. The Kier molecular flexibility index (Phi) is 2.33. The molecule has 0 radical (unpaired) electrons. The summed E-state index contributed by atoms with van der Waals surface area (Å²) in [5.41, 5.74) is 1.21. The first-order valence-corrected chi connectivity index (χ1v) is 5.55. The summed E-state index contributed by atoms with van der Waals surface area (Å²) >= 11 is 0. The van der Waals surface area contributed by atoms with Gasteiger partial charge in [0.2, 0.25) is 0 Å². The monoisotopic (exact) mass is 232 g/mol.